The molecule has 0 fully saturated rings. The van der Waals surface area contributed by atoms with Crippen molar-refractivity contribution in [1.29, 1.82) is 0 Å². The predicted molar refractivity (Wildman–Crippen MR) is 72.1 cm³/mol. The van der Waals surface area contributed by atoms with Crippen molar-refractivity contribution in [1.82, 2.24) is 24.4 Å². The fraction of sp³-hybridized carbons (Fsp3) is 0.364. The van der Waals surface area contributed by atoms with E-state index >= 15 is 0 Å². The number of carboxylic acid groups (broad SMARTS) is 1. The molecule has 0 bridgehead atoms. The van der Waals surface area contributed by atoms with E-state index in [0.29, 0.717) is 11.5 Å². The van der Waals surface area contributed by atoms with Gasteiger partial charge in [-0.25, -0.2) is 15.0 Å². The van der Waals surface area contributed by atoms with E-state index in [-0.39, 0.29) is 25.5 Å². The van der Waals surface area contributed by atoms with Gasteiger partial charge in [0.2, 0.25) is 5.91 Å². The molecule has 0 aromatic heterocycles. The van der Waals surface area contributed by atoms with Crippen LogP contribution in [0.1, 0.15) is 0 Å². The smallest absolute Gasteiger partial charge is 0.323 e. The quantitative estimate of drug-likeness (QED) is 0.565. The Morgan fingerprint density at radius 3 is 2.76 bits per heavy atom. The van der Waals surface area contributed by atoms with Gasteiger partial charge in [-0.05, 0) is 0 Å². The van der Waals surface area contributed by atoms with Gasteiger partial charge in [-0.1, -0.05) is 0 Å². The molecule has 10 nitrogen and oxygen atoms in total. The normalized spacial score (nSPS) is 10.7. The van der Waals surface area contributed by atoms with Gasteiger partial charge in [0.05, 0.1) is 6.33 Å². The number of carbonyl (C=O) groups is 2. The van der Waals surface area contributed by atoms with Crippen molar-refractivity contribution in [2.75, 3.05) is 25.4 Å². The number of carboxylic acids is 1. The van der Waals surface area contributed by atoms with E-state index in [2.05, 4.69) is 15.0 Å². The van der Waals surface area contributed by atoms with Crippen LogP contribution in [0, 0.1) is 0 Å². The molecule has 0 atom stereocenters. The van der Waals surface area contributed by atoms with Crippen molar-refractivity contribution in [3.63, 3.8) is 0 Å². The Kier molecular flexibility index (Phi) is 4.28. The lowest BCUT2D eigenvalue weighted by atomic mass is 10.3. The zero-order valence-corrected chi connectivity index (χ0v) is 11.1. The fourth-order valence-corrected chi connectivity index (χ4v) is 1.84. The maximum Gasteiger partial charge on any atom is 0.323 e. The van der Waals surface area contributed by atoms with Crippen molar-refractivity contribution in [3.8, 4) is 11.5 Å². The lowest BCUT2D eigenvalue weighted by molar-refractivity contribution is -0.144. The first-order valence-electron chi connectivity index (χ1n) is 6.14. The SMILES string of the molecule is NCCN(CC(=O)O)C(=O)Cn1cnc2ncnc-2c1N. The minimum absolute atomic E-state index is 0.144. The Bertz CT molecular complexity index is 626. The Labute approximate surface area is 119 Å². The van der Waals surface area contributed by atoms with Crippen LogP contribution in [0.5, 0.6) is 0 Å². The minimum atomic E-state index is -1.11. The second kappa shape index (κ2) is 6.13. The van der Waals surface area contributed by atoms with Crippen LogP contribution >= 0.6 is 0 Å². The van der Waals surface area contributed by atoms with E-state index in [1.54, 1.807) is 0 Å². The highest BCUT2D eigenvalue weighted by atomic mass is 16.4. The third-order valence-corrected chi connectivity index (χ3v) is 2.83. The van der Waals surface area contributed by atoms with Gasteiger partial charge in [0.1, 0.15) is 30.9 Å². The molecule has 2 rings (SSSR count). The second-order valence-electron chi connectivity index (χ2n) is 4.30. The number of amides is 1. The number of hydrogen-bond acceptors (Lipinski definition) is 7. The van der Waals surface area contributed by atoms with E-state index in [4.69, 9.17) is 16.6 Å². The number of aliphatic carboxylic acids is 1. The molecule has 1 amide bonds. The summed E-state index contributed by atoms with van der Waals surface area (Å²) in [6.45, 7) is -0.237. The number of nitrogens with two attached hydrogens (primary N) is 2. The number of nitrogens with zero attached hydrogens (tertiary/aromatic N) is 5. The highest BCUT2D eigenvalue weighted by Crippen LogP contribution is 2.20. The predicted octanol–water partition coefficient (Wildman–Crippen LogP) is -1.77. The van der Waals surface area contributed by atoms with Gasteiger partial charge in [-0.3, -0.25) is 9.59 Å². The molecule has 10 heteroatoms. The molecule has 0 radical (unpaired) electrons. The average Bonchev–Trinajstić information content (AvgIpc) is 2.90. The molecule has 0 aromatic rings. The van der Waals surface area contributed by atoms with Crippen LogP contribution < -0.4 is 11.5 Å². The molecule has 2 heterocycles. The van der Waals surface area contributed by atoms with Crippen molar-refractivity contribution < 1.29 is 14.7 Å². The van der Waals surface area contributed by atoms with Gasteiger partial charge in [-0.15, -0.1) is 0 Å². The zero-order valence-electron chi connectivity index (χ0n) is 11.1. The minimum Gasteiger partial charge on any atom is -0.480 e. The topological polar surface area (TPSA) is 153 Å². The molecule has 0 spiro atoms. The molecule has 2 aliphatic rings. The second-order valence-corrected chi connectivity index (χ2v) is 4.30. The average molecular weight is 293 g/mol. The maximum atomic E-state index is 12.1. The Hall–Kier alpha value is -2.75. The molecule has 0 aromatic carbocycles. The number of aromatic nitrogens is 4. The molecule has 0 aliphatic carbocycles. The third-order valence-electron chi connectivity index (χ3n) is 2.83. The summed E-state index contributed by atoms with van der Waals surface area (Å²) in [5.41, 5.74) is 11.7. The van der Waals surface area contributed by atoms with Crippen molar-refractivity contribution in [2.24, 2.45) is 5.73 Å². The third kappa shape index (κ3) is 3.23. The highest BCUT2D eigenvalue weighted by molar-refractivity contribution is 5.81. The molecule has 0 saturated heterocycles. The maximum absolute atomic E-state index is 12.1. The van der Waals surface area contributed by atoms with Gasteiger partial charge in [0.15, 0.2) is 5.82 Å². The van der Waals surface area contributed by atoms with E-state index < -0.39 is 18.4 Å². The van der Waals surface area contributed by atoms with Crippen molar-refractivity contribution in [3.05, 3.63) is 12.7 Å². The Morgan fingerprint density at radius 2 is 2.10 bits per heavy atom. The number of rotatable bonds is 6. The summed E-state index contributed by atoms with van der Waals surface area (Å²) in [7, 11) is 0. The first-order chi connectivity index (χ1) is 10.0. The summed E-state index contributed by atoms with van der Waals surface area (Å²) in [4.78, 5) is 35.9. The monoisotopic (exact) mass is 293 g/mol. The standard InChI is InChI=1S/C11H15N7O3/c12-1-2-17(4-8(20)21)7(19)3-18-6-16-11-9(10(18)13)14-5-15-11/h5-6H,1-4,12-13H2,(H,20,21). The van der Waals surface area contributed by atoms with E-state index in [9.17, 15) is 9.59 Å². The molecule has 2 aliphatic heterocycles. The van der Waals surface area contributed by atoms with Crippen molar-refractivity contribution in [2.45, 2.75) is 6.54 Å². The number of fused-ring (bicyclic) bond motifs is 1. The molecular formula is C11H15N7O3. The van der Waals surface area contributed by atoms with Gasteiger partial charge in [0, 0.05) is 13.1 Å². The number of nitrogen functional groups attached to an aromatic ring is 1. The van der Waals surface area contributed by atoms with E-state index in [0.717, 1.165) is 4.90 Å². The number of carbonyl (C=O) groups excluding carboxylic acids is 1. The first kappa shape index (κ1) is 14.7. The molecule has 5 N–H and O–H groups in total. The van der Waals surface area contributed by atoms with Gasteiger partial charge in [0.25, 0.3) is 0 Å². The fourth-order valence-electron chi connectivity index (χ4n) is 1.84. The number of imidazole rings is 1. The van der Waals surface area contributed by atoms with E-state index in [1.807, 2.05) is 0 Å². The number of anilines is 1. The van der Waals surface area contributed by atoms with Crippen LogP contribution in [-0.2, 0) is 16.1 Å². The van der Waals surface area contributed by atoms with Gasteiger partial charge in [-0.2, -0.15) is 0 Å². The number of hydrogen-bond donors (Lipinski definition) is 3. The molecule has 0 unspecified atom stereocenters. The first-order valence-corrected chi connectivity index (χ1v) is 6.14. The zero-order chi connectivity index (χ0) is 15.4. The summed E-state index contributed by atoms with van der Waals surface area (Å²) in [5, 5.41) is 8.80. The highest BCUT2D eigenvalue weighted by Gasteiger charge is 2.19. The van der Waals surface area contributed by atoms with Gasteiger partial charge >= 0.3 is 5.97 Å². The molecule has 0 saturated carbocycles. The Balaban J connectivity index is 2.18. The largest absolute Gasteiger partial charge is 0.480 e. The Morgan fingerprint density at radius 1 is 1.33 bits per heavy atom. The summed E-state index contributed by atoms with van der Waals surface area (Å²) >= 11 is 0. The summed E-state index contributed by atoms with van der Waals surface area (Å²) < 4.78 is 1.39. The van der Waals surface area contributed by atoms with Crippen LogP contribution in [-0.4, -0.2) is 61.0 Å². The lowest BCUT2D eigenvalue weighted by Crippen LogP contribution is -2.41. The van der Waals surface area contributed by atoms with Crippen LogP contribution in [0.3, 0.4) is 0 Å². The molecular weight excluding hydrogens is 278 g/mol. The summed E-state index contributed by atoms with van der Waals surface area (Å²) in [6.07, 6.45) is 2.69. The lowest BCUT2D eigenvalue weighted by Gasteiger charge is -2.21. The van der Waals surface area contributed by atoms with Crippen LogP contribution in [0.2, 0.25) is 0 Å². The van der Waals surface area contributed by atoms with Crippen LogP contribution in [0.15, 0.2) is 12.7 Å². The van der Waals surface area contributed by atoms with E-state index in [1.165, 1.54) is 17.2 Å². The molecule has 21 heavy (non-hydrogen) atoms. The van der Waals surface area contributed by atoms with Crippen molar-refractivity contribution >= 4 is 17.7 Å². The van der Waals surface area contributed by atoms with Crippen LogP contribution in [0.25, 0.3) is 11.5 Å². The van der Waals surface area contributed by atoms with Crippen LogP contribution in [0.4, 0.5) is 5.82 Å². The summed E-state index contributed by atoms with van der Waals surface area (Å²) in [6, 6.07) is 0. The van der Waals surface area contributed by atoms with Gasteiger partial charge < -0.3 is 26.0 Å². The molecule has 112 valence electrons. The summed E-state index contributed by atoms with van der Waals surface area (Å²) in [5.74, 6) is -0.889.